The highest BCUT2D eigenvalue weighted by molar-refractivity contribution is 7.19. The number of carbonyl (C=O) groups is 1. The molecular weight excluding hydrogens is 426 g/mol. The maximum Gasteiger partial charge on any atom is 0.414 e. The van der Waals surface area contributed by atoms with Crippen molar-refractivity contribution in [1.29, 1.82) is 0 Å². The molecule has 30 heavy (non-hydrogen) atoms. The molecule has 3 aromatic heterocycles. The Balaban J connectivity index is 1.32. The van der Waals surface area contributed by atoms with E-state index in [1.807, 2.05) is 18.2 Å². The fourth-order valence-electron chi connectivity index (χ4n) is 3.49. The first-order valence-corrected chi connectivity index (χ1v) is 11.1. The number of aromatic nitrogens is 3. The van der Waals surface area contributed by atoms with Crippen molar-refractivity contribution in [3.8, 4) is 16.5 Å². The fourth-order valence-corrected chi connectivity index (χ4v) is 4.48. The average Bonchev–Trinajstić information content (AvgIpc) is 3.45. The molecule has 0 unspecified atom stereocenters. The van der Waals surface area contributed by atoms with Gasteiger partial charge in [-0.05, 0) is 38.8 Å². The molecule has 10 heteroatoms. The molecule has 0 aromatic carbocycles. The molecule has 0 spiro atoms. The standard InChI is InChI=1S/C20H24ClN5O3S/c1-13(2)25-7-5-14(6-8-25)23-20(27)28-19-10-22-12-26(19)11-15-9-16(29-24-15)17-3-4-18(21)30-17/h3-4,9-10,12-14H,5-8,11H2,1-2H3,(H,23,27). The second kappa shape index (κ2) is 9.20. The molecule has 1 aliphatic rings. The number of thiophene rings is 1. The Hall–Kier alpha value is -2.36. The number of hydrogen-bond donors (Lipinski definition) is 1. The molecule has 0 radical (unpaired) electrons. The number of halogens is 1. The van der Waals surface area contributed by atoms with Crippen LogP contribution in [0.2, 0.25) is 4.34 Å². The Bertz CT molecular complexity index is 990. The monoisotopic (exact) mass is 449 g/mol. The number of amides is 1. The lowest BCUT2D eigenvalue weighted by Crippen LogP contribution is -2.47. The van der Waals surface area contributed by atoms with Crippen LogP contribution < -0.4 is 10.1 Å². The summed E-state index contributed by atoms with van der Waals surface area (Å²) < 4.78 is 13.3. The molecule has 1 amide bonds. The summed E-state index contributed by atoms with van der Waals surface area (Å²) in [7, 11) is 0. The normalized spacial score (nSPS) is 15.6. The van der Waals surface area contributed by atoms with Crippen molar-refractivity contribution in [3.63, 3.8) is 0 Å². The molecule has 1 N–H and O–H groups in total. The van der Waals surface area contributed by atoms with Gasteiger partial charge in [0.1, 0.15) is 5.69 Å². The number of nitrogens with one attached hydrogen (secondary N) is 1. The van der Waals surface area contributed by atoms with Crippen LogP contribution in [0.5, 0.6) is 5.88 Å². The van der Waals surface area contributed by atoms with Gasteiger partial charge in [-0.3, -0.25) is 4.57 Å². The van der Waals surface area contributed by atoms with Crippen molar-refractivity contribution >= 4 is 29.0 Å². The number of carbonyl (C=O) groups excluding carboxylic acids is 1. The van der Waals surface area contributed by atoms with Gasteiger partial charge in [0.25, 0.3) is 0 Å². The van der Waals surface area contributed by atoms with Crippen LogP contribution in [0.3, 0.4) is 0 Å². The molecule has 1 aliphatic heterocycles. The molecule has 0 saturated carbocycles. The largest absolute Gasteiger partial charge is 0.414 e. The highest BCUT2D eigenvalue weighted by Gasteiger charge is 2.23. The quantitative estimate of drug-likeness (QED) is 0.605. The van der Waals surface area contributed by atoms with Gasteiger partial charge in [-0.1, -0.05) is 16.8 Å². The summed E-state index contributed by atoms with van der Waals surface area (Å²) >= 11 is 7.40. The first-order valence-electron chi connectivity index (χ1n) is 9.92. The van der Waals surface area contributed by atoms with Gasteiger partial charge in [0.2, 0.25) is 5.88 Å². The van der Waals surface area contributed by atoms with Gasteiger partial charge in [-0.15, -0.1) is 11.3 Å². The van der Waals surface area contributed by atoms with E-state index in [-0.39, 0.29) is 6.04 Å². The minimum Gasteiger partial charge on any atom is -0.391 e. The van der Waals surface area contributed by atoms with E-state index in [2.05, 4.69) is 34.2 Å². The van der Waals surface area contributed by atoms with Gasteiger partial charge in [-0.2, -0.15) is 0 Å². The molecule has 8 nitrogen and oxygen atoms in total. The van der Waals surface area contributed by atoms with Crippen LogP contribution in [-0.2, 0) is 6.54 Å². The topological polar surface area (TPSA) is 85.4 Å². The Kier molecular flexibility index (Phi) is 6.40. The van der Waals surface area contributed by atoms with Crippen LogP contribution in [0.1, 0.15) is 32.4 Å². The Morgan fingerprint density at radius 2 is 2.20 bits per heavy atom. The van der Waals surface area contributed by atoms with Crippen LogP contribution in [-0.4, -0.2) is 50.9 Å². The van der Waals surface area contributed by atoms with Crippen molar-refractivity contribution in [2.24, 2.45) is 0 Å². The van der Waals surface area contributed by atoms with Crippen LogP contribution in [0.25, 0.3) is 10.6 Å². The first kappa shape index (κ1) is 20.9. The molecule has 4 heterocycles. The third-order valence-electron chi connectivity index (χ3n) is 5.16. The van der Waals surface area contributed by atoms with Gasteiger partial charge in [-0.25, -0.2) is 9.78 Å². The summed E-state index contributed by atoms with van der Waals surface area (Å²) in [5, 5.41) is 7.05. The van der Waals surface area contributed by atoms with Crippen molar-refractivity contribution < 1.29 is 14.1 Å². The zero-order valence-electron chi connectivity index (χ0n) is 16.9. The molecule has 1 fully saturated rings. The Morgan fingerprint density at radius 3 is 2.90 bits per heavy atom. The lowest BCUT2D eigenvalue weighted by molar-refractivity contribution is 0.151. The fraction of sp³-hybridized carbons (Fsp3) is 0.450. The molecule has 0 aliphatic carbocycles. The molecule has 160 valence electrons. The number of imidazole rings is 1. The molecule has 3 aromatic rings. The van der Waals surface area contributed by atoms with E-state index in [1.165, 1.54) is 17.5 Å². The van der Waals surface area contributed by atoms with Gasteiger partial charge in [0.05, 0.1) is 28.3 Å². The summed E-state index contributed by atoms with van der Waals surface area (Å²) in [6.07, 6.45) is 4.48. The first-order chi connectivity index (χ1) is 14.5. The SMILES string of the molecule is CC(C)N1CCC(NC(=O)Oc2cncn2Cc2cc(-c3ccc(Cl)s3)on2)CC1. The maximum absolute atomic E-state index is 12.4. The predicted molar refractivity (Wildman–Crippen MR) is 115 cm³/mol. The molecular formula is C20H24ClN5O3S. The van der Waals surface area contributed by atoms with E-state index in [9.17, 15) is 4.79 Å². The van der Waals surface area contributed by atoms with Gasteiger partial charge < -0.3 is 19.5 Å². The number of hydrogen-bond acceptors (Lipinski definition) is 7. The minimum absolute atomic E-state index is 0.125. The minimum atomic E-state index is -0.464. The third-order valence-corrected chi connectivity index (χ3v) is 6.41. The lowest BCUT2D eigenvalue weighted by atomic mass is 10.0. The third kappa shape index (κ3) is 5.03. The Labute approximate surface area is 183 Å². The van der Waals surface area contributed by atoms with Crippen molar-refractivity contribution in [2.45, 2.75) is 45.3 Å². The zero-order valence-corrected chi connectivity index (χ0v) is 18.4. The van der Waals surface area contributed by atoms with Crippen LogP contribution in [0.4, 0.5) is 4.79 Å². The number of rotatable bonds is 6. The number of likely N-dealkylation sites (tertiary alicyclic amines) is 1. The van der Waals surface area contributed by atoms with E-state index in [0.29, 0.717) is 34.3 Å². The summed E-state index contributed by atoms with van der Waals surface area (Å²) in [5.41, 5.74) is 0.693. The van der Waals surface area contributed by atoms with E-state index in [1.54, 1.807) is 10.9 Å². The number of piperidine rings is 1. The highest BCUT2D eigenvalue weighted by Crippen LogP contribution is 2.31. The summed E-state index contributed by atoms with van der Waals surface area (Å²) in [6, 6.07) is 6.20. The second-order valence-electron chi connectivity index (χ2n) is 7.58. The van der Waals surface area contributed by atoms with Crippen molar-refractivity contribution in [3.05, 3.63) is 40.8 Å². The highest BCUT2D eigenvalue weighted by atomic mass is 35.5. The summed E-state index contributed by atoms with van der Waals surface area (Å²) in [6.45, 7) is 6.71. The summed E-state index contributed by atoms with van der Waals surface area (Å²) in [5.74, 6) is 1.01. The van der Waals surface area contributed by atoms with Crippen molar-refractivity contribution in [1.82, 2.24) is 24.9 Å². The molecule has 4 rings (SSSR count). The zero-order chi connectivity index (χ0) is 21.1. The van der Waals surface area contributed by atoms with Gasteiger partial charge in [0, 0.05) is 31.2 Å². The smallest absolute Gasteiger partial charge is 0.391 e. The average molecular weight is 450 g/mol. The molecule has 0 bridgehead atoms. The molecule has 1 saturated heterocycles. The van der Waals surface area contributed by atoms with E-state index in [0.717, 1.165) is 30.8 Å². The van der Waals surface area contributed by atoms with E-state index < -0.39 is 6.09 Å². The van der Waals surface area contributed by atoms with Gasteiger partial charge in [0.15, 0.2) is 5.76 Å². The predicted octanol–water partition coefficient (Wildman–Crippen LogP) is 4.26. The maximum atomic E-state index is 12.4. The second-order valence-corrected chi connectivity index (χ2v) is 9.30. The van der Waals surface area contributed by atoms with Crippen LogP contribution >= 0.6 is 22.9 Å². The number of ether oxygens (including phenoxy) is 1. The summed E-state index contributed by atoms with van der Waals surface area (Å²) in [4.78, 5) is 19.8. The van der Waals surface area contributed by atoms with Crippen LogP contribution in [0.15, 0.2) is 35.2 Å². The lowest BCUT2D eigenvalue weighted by Gasteiger charge is -2.34. The van der Waals surface area contributed by atoms with Gasteiger partial charge >= 0.3 is 6.09 Å². The van der Waals surface area contributed by atoms with E-state index >= 15 is 0 Å². The Morgan fingerprint density at radius 1 is 1.40 bits per heavy atom. The number of nitrogens with zero attached hydrogens (tertiary/aromatic N) is 4. The van der Waals surface area contributed by atoms with Crippen LogP contribution in [0, 0.1) is 0 Å². The molecule has 0 atom stereocenters. The van der Waals surface area contributed by atoms with E-state index in [4.69, 9.17) is 20.9 Å². The van der Waals surface area contributed by atoms with Crippen molar-refractivity contribution in [2.75, 3.05) is 13.1 Å².